The van der Waals surface area contributed by atoms with Crippen LogP contribution in [0.1, 0.15) is 6.92 Å². The molecule has 0 unspecified atom stereocenters. The van der Waals surface area contributed by atoms with E-state index in [-0.39, 0.29) is 93.4 Å². The number of rotatable bonds is 0. The molecule has 0 aromatic heterocycles. The van der Waals surface area contributed by atoms with Crippen molar-refractivity contribution in [2.75, 3.05) is 13.7 Å². The second-order valence-corrected chi connectivity index (χ2v) is 1.58. The van der Waals surface area contributed by atoms with E-state index in [4.69, 9.17) is 5.11 Å². The van der Waals surface area contributed by atoms with Crippen LogP contribution in [0, 0.1) is 0 Å². The van der Waals surface area contributed by atoms with Crippen LogP contribution in [0.15, 0.2) is 0 Å². The van der Waals surface area contributed by atoms with Gasteiger partial charge in [0, 0.05) is 51.2 Å². The van der Waals surface area contributed by atoms with Crippen LogP contribution in [0.2, 0.25) is 0 Å². The quantitative estimate of drug-likeness (QED) is 0.246. The van der Waals surface area contributed by atoms with E-state index in [1.165, 1.54) is 0 Å². The summed E-state index contributed by atoms with van der Waals surface area (Å²) in [5, 5.41) is 7.57. The third-order valence-corrected chi connectivity index (χ3v) is 0. The molecular weight excluding hydrogens is 488 g/mol. The zero-order valence-corrected chi connectivity index (χ0v) is 14.5. The summed E-state index contributed by atoms with van der Waals surface area (Å²) in [7, 11) is 1.86. The van der Waals surface area contributed by atoms with Crippen molar-refractivity contribution in [1.29, 1.82) is 0 Å². The first-order chi connectivity index (χ1) is 2.83. The minimum absolute atomic E-state index is 0. The largest absolute Gasteiger partial charge is 0 e. The second-order valence-electron chi connectivity index (χ2n) is 0.505. The van der Waals surface area contributed by atoms with Crippen molar-refractivity contribution in [1.82, 2.24) is 3.53 Å². The summed E-state index contributed by atoms with van der Waals surface area (Å²) in [5.74, 6) is 0. The summed E-state index contributed by atoms with van der Waals surface area (Å²) in [5.41, 5.74) is 0. The molecule has 0 spiro atoms. The summed E-state index contributed by atoms with van der Waals surface area (Å²) in [6.07, 6.45) is 0. The fourth-order valence-electron chi connectivity index (χ4n) is 0. The fourth-order valence-corrected chi connectivity index (χ4v) is 0. The predicted octanol–water partition coefficient (Wildman–Crippen LogP) is -1.28. The van der Waals surface area contributed by atoms with Gasteiger partial charge in [0.1, 0.15) is 0 Å². The first-order valence-electron chi connectivity index (χ1n) is 1.71. The summed E-state index contributed by atoms with van der Waals surface area (Å²) < 4.78 is 2.72. The van der Waals surface area contributed by atoms with Crippen LogP contribution in [0.5, 0.6) is 0 Å². The van der Waals surface area contributed by atoms with E-state index >= 15 is 0 Å². The van der Waals surface area contributed by atoms with Gasteiger partial charge in [-0.1, -0.05) is 0 Å². The molecule has 0 atom stereocenters. The maximum atomic E-state index is 7.57. The summed E-state index contributed by atoms with van der Waals surface area (Å²) in [4.78, 5) is 0. The summed E-state index contributed by atoms with van der Waals surface area (Å²) >= 11 is 2.04. The predicted molar refractivity (Wildman–Crippen MR) is 52.9 cm³/mol. The third-order valence-electron chi connectivity index (χ3n) is 0. The van der Waals surface area contributed by atoms with Crippen molar-refractivity contribution in [3.05, 3.63) is 0 Å². The number of halogens is 1. The molecule has 2 N–H and O–H groups in total. The molecule has 0 amide bonds. The molecule has 0 fully saturated rings. The van der Waals surface area contributed by atoms with Crippen LogP contribution in [-0.4, -0.2) is 83.8 Å². The van der Waals surface area contributed by atoms with E-state index in [1.54, 1.807) is 6.92 Å². The van der Waals surface area contributed by atoms with Gasteiger partial charge in [-0.25, -0.2) is 0 Å². The van der Waals surface area contributed by atoms with Gasteiger partial charge in [-0.3, -0.25) is 3.53 Å². The standard InChI is InChI=1S/C2H6O.CH4IN.Ca.Pb.Ti.4H/c1-2-3;1-3-2;;;;;;;/h3H,2H2,1H3;3H,1H3;;;;;;;. The Kier molecular flexibility index (Phi) is 136. The van der Waals surface area contributed by atoms with Crippen molar-refractivity contribution in [2.45, 2.75) is 6.92 Å². The molecule has 0 aliphatic rings. The van der Waals surface area contributed by atoms with Crippen LogP contribution >= 0.6 is 22.9 Å². The molecule has 54 valence electrons. The van der Waals surface area contributed by atoms with Crippen LogP contribution in [0.4, 0.5) is 0 Å². The van der Waals surface area contributed by atoms with Gasteiger partial charge in [0.15, 0.2) is 0 Å². The molecule has 0 bridgehead atoms. The molecule has 0 aromatic carbocycles. The van der Waals surface area contributed by atoms with Gasteiger partial charge in [0.05, 0.1) is 0 Å². The average molecular weight is 502 g/mol. The monoisotopic (exact) mass is 503 g/mol. The minimum Gasteiger partial charge on any atom is 0 e. The van der Waals surface area contributed by atoms with Gasteiger partial charge in [-0.15, -0.1) is 0 Å². The normalized spacial score (nSPS) is 4.00. The van der Waals surface area contributed by atoms with Crippen molar-refractivity contribution >= 4 is 87.9 Å². The zero-order chi connectivity index (χ0) is 5.41. The van der Waals surface area contributed by atoms with E-state index < -0.39 is 0 Å². The van der Waals surface area contributed by atoms with E-state index in [2.05, 4.69) is 3.53 Å². The van der Waals surface area contributed by atoms with Crippen molar-refractivity contribution in [3.8, 4) is 0 Å². The Morgan fingerprint density at radius 2 is 1.56 bits per heavy atom. The number of aliphatic hydroxyl groups excluding tert-OH is 1. The third kappa shape index (κ3) is 83.7. The molecule has 0 aliphatic carbocycles. The van der Waals surface area contributed by atoms with Crippen LogP contribution in [0.3, 0.4) is 0 Å². The molecule has 2 radical (unpaired) electrons. The molecule has 0 saturated carbocycles. The van der Waals surface area contributed by atoms with E-state index in [0.29, 0.717) is 0 Å². The Hall–Kier alpha value is 3.55. The smallest absolute Gasteiger partial charge is 0 e. The van der Waals surface area contributed by atoms with Gasteiger partial charge in [-0.2, -0.15) is 0 Å². The Morgan fingerprint density at radius 1 is 1.56 bits per heavy atom. The van der Waals surface area contributed by atoms with Crippen LogP contribution in [-0.2, 0) is 21.7 Å². The van der Waals surface area contributed by atoms with Crippen LogP contribution in [0.25, 0.3) is 0 Å². The molecule has 0 aliphatic heterocycles. The SMILES string of the molecule is CCO.CNI.[CaH2].[PbH2].[Ti]. The molecular formula is C3H14CaINOPbTi. The number of hydrogen-bond donors (Lipinski definition) is 2. The van der Waals surface area contributed by atoms with Gasteiger partial charge in [0.25, 0.3) is 0 Å². The zero-order valence-electron chi connectivity index (χ0n) is 5.24. The Balaban J connectivity index is -0.00000000889. The number of nitrogens with one attached hydrogen (secondary N) is 1. The molecule has 0 rings (SSSR count). The number of aliphatic hydroxyl groups is 1. The summed E-state index contributed by atoms with van der Waals surface area (Å²) in [6, 6.07) is 0. The summed E-state index contributed by atoms with van der Waals surface area (Å²) in [6.45, 7) is 1.93. The maximum absolute atomic E-state index is 7.57. The van der Waals surface area contributed by atoms with Gasteiger partial charge < -0.3 is 5.11 Å². The molecule has 0 heterocycles. The molecule has 2 nitrogen and oxygen atoms in total. The Labute approximate surface area is 136 Å². The molecule has 6 heteroatoms. The average Bonchev–Trinajstić information content (AvgIpc) is 1.39. The molecule has 0 saturated heterocycles. The Bertz CT molecular complexity index is 25.8. The van der Waals surface area contributed by atoms with Crippen LogP contribution < -0.4 is 3.53 Å². The van der Waals surface area contributed by atoms with E-state index in [1.807, 2.05) is 29.9 Å². The Morgan fingerprint density at radius 3 is 1.56 bits per heavy atom. The topological polar surface area (TPSA) is 32.3 Å². The van der Waals surface area contributed by atoms with Gasteiger partial charge in [-0.05, 0) is 14.0 Å². The molecule has 0 aromatic rings. The van der Waals surface area contributed by atoms with Crippen molar-refractivity contribution < 1.29 is 26.8 Å². The second kappa shape index (κ2) is 41.7. The fraction of sp³-hybridized carbons (Fsp3) is 1.00. The van der Waals surface area contributed by atoms with E-state index in [9.17, 15) is 0 Å². The maximum Gasteiger partial charge on any atom is 0 e. The van der Waals surface area contributed by atoms with Crippen molar-refractivity contribution in [3.63, 3.8) is 0 Å². The first-order valence-corrected chi connectivity index (χ1v) is 2.79. The van der Waals surface area contributed by atoms with E-state index in [0.717, 1.165) is 0 Å². The van der Waals surface area contributed by atoms with Crippen molar-refractivity contribution in [2.24, 2.45) is 0 Å². The van der Waals surface area contributed by atoms with Gasteiger partial charge >= 0.3 is 65.0 Å². The minimum atomic E-state index is 0. The molecule has 9 heavy (non-hydrogen) atoms. The number of hydrogen-bond acceptors (Lipinski definition) is 2. The van der Waals surface area contributed by atoms with Gasteiger partial charge in [0.2, 0.25) is 0 Å². The first kappa shape index (κ1) is 29.4.